The zero-order chi connectivity index (χ0) is 29.6. The Kier molecular flexibility index (Phi) is 6.02. The van der Waals surface area contributed by atoms with Gasteiger partial charge >= 0.3 is 0 Å². The third-order valence-electron chi connectivity index (χ3n) is 8.02. The van der Waals surface area contributed by atoms with Gasteiger partial charge in [0, 0.05) is 38.4 Å². The SMILES string of the molecule is C=Cc1c(C=C)n(-c2cccc3c2oc2ccc(-c4nc(-c5ccccc5)nc(-c5ccccc5)n4)cc23)c2ccccc12. The van der Waals surface area contributed by atoms with E-state index in [4.69, 9.17) is 19.4 Å². The van der Waals surface area contributed by atoms with Gasteiger partial charge in [-0.25, -0.2) is 15.0 Å². The Morgan fingerprint density at radius 2 is 1.16 bits per heavy atom. The van der Waals surface area contributed by atoms with E-state index in [1.54, 1.807) is 0 Å². The number of furan rings is 1. The van der Waals surface area contributed by atoms with E-state index in [9.17, 15) is 0 Å². The molecule has 0 fully saturated rings. The number of para-hydroxylation sites is 2. The van der Waals surface area contributed by atoms with Crippen LogP contribution in [0.15, 0.2) is 139 Å². The molecule has 0 saturated heterocycles. The van der Waals surface area contributed by atoms with Crippen molar-refractivity contribution in [3.63, 3.8) is 0 Å². The fourth-order valence-corrected chi connectivity index (χ4v) is 6.00. The molecule has 5 nitrogen and oxygen atoms in total. The lowest BCUT2D eigenvalue weighted by molar-refractivity contribution is 0.666. The van der Waals surface area contributed by atoms with Crippen LogP contribution in [0.1, 0.15) is 11.3 Å². The van der Waals surface area contributed by atoms with Gasteiger partial charge in [-0.3, -0.25) is 0 Å². The molecular formula is C39H26N4O. The van der Waals surface area contributed by atoms with Crippen LogP contribution in [0.2, 0.25) is 0 Å². The molecule has 208 valence electrons. The minimum Gasteiger partial charge on any atom is -0.454 e. The predicted molar refractivity (Wildman–Crippen MR) is 180 cm³/mol. The largest absolute Gasteiger partial charge is 0.454 e. The van der Waals surface area contributed by atoms with E-state index >= 15 is 0 Å². The second kappa shape index (κ2) is 10.3. The molecule has 8 aromatic rings. The van der Waals surface area contributed by atoms with Gasteiger partial charge in [-0.05, 0) is 36.4 Å². The highest BCUT2D eigenvalue weighted by atomic mass is 16.3. The molecular weight excluding hydrogens is 540 g/mol. The molecule has 0 aliphatic rings. The minimum absolute atomic E-state index is 0.603. The molecule has 5 heteroatoms. The Bertz CT molecular complexity index is 2310. The summed E-state index contributed by atoms with van der Waals surface area (Å²) in [6.45, 7) is 8.21. The lowest BCUT2D eigenvalue weighted by atomic mass is 10.1. The van der Waals surface area contributed by atoms with Gasteiger partial charge in [0.05, 0.1) is 16.9 Å². The van der Waals surface area contributed by atoms with Crippen molar-refractivity contribution in [2.75, 3.05) is 0 Å². The number of hydrogen-bond donors (Lipinski definition) is 0. The molecule has 0 bridgehead atoms. The van der Waals surface area contributed by atoms with Crippen LogP contribution in [0.3, 0.4) is 0 Å². The van der Waals surface area contributed by atoms with Crippen molar-refractivity contribution in [2.24, 2.45) is 0 Å². The fourth-order valence-electron chi connectivity index (χ4n) is 6.00. The van der Waals surface area contributed by atoms with E-state index in [-0.39, 0.29) is 0 Å². The third kappa shape index (κ3) is 4.06. The van der Waals surface area contributed by atoms with Gasteiger partial charge in [-0.15, -0.1) is 0 Å². The topological polar surface area (TPSA) is 56.7 Å². The number of hydrogen-bond acceptors (Lipinski definition) is 4. The molecule has 0 amide bonds. The van der Waals surface area contributed by atoms with Gasteiger partial charge in [0.2, 0.25) is 0 Å². The maximum Gasteiger partial charge on any atom is 0.164 e. The highest BCUT2D eigenvalue weighted by Crippen LogP contribution is 2.38. The minimum atomic E-state index is 0.603. The van der Waals surface area contributed by atoms with Crippen molar-refractivity contribution in [3.05, 3.63) is 146 Å². The molecule has 0 N–H and O–H groups in total. The molecule has 5 aromatic carbocycles. The monoisotopic (exact) mass is 566 g/mol. The zero-order valence-electron chi connectivity index (χ0n) is 23.8. The van der Waals surface area contributed by atoms with Gasteiger partial charge in [0.1, 0.15) is 5.58 Å². The summed E-state index contributed by atoms with van der Waals surface area (Å²) >= 11 is 0. The van der Waals surface area contributed by atoms with E-state index in [1.807, 2.05) is 97.1 Å². The smallest absolute Gasteiger partial charge is 0.164 e. The first-order valence-corrected chi connectivity index (χ1v) is 14.4. The summed E-state index contributed by atoms with van der Waals surface area (Å²) in [6, 6.07) is 40.7. The van der Waals surface area contributed by atoms with E-state index in [0.717, 1.165) is 66.5 Å². The highest BCUT2D eigenvalue weighted by Gasteiger charge is 2.20. The number of benzene rings is 5. The highest BCUT2D eigenvalue weighted by molar-refractivity contribution is 6.09. The van der Waals surface area contributed by atoms with Crippen molar-refractivity contribution in [1.29, 1.82) is 0 Å². The van der Waals surface area contributed by atoms with Crippen molar-refractivity contribution in [2.45, 2.75) is 0 Å². The molecule has 0 unspecified atom stereocenters. The quantitative estimate of drug-likeness (QED) is 0.201. The van der Waals surface area contributed by atoms with Gasteiger partial charge in [0.15, 0.2) is 23.1 Å². The van der Waals surface area contributed by atoms with Crippen molar-refractivity contribution >= 4 is 45.0 Å². The first kappa shape index (κ1) is 25.6. The van der Waals surface area contributed by atoms with Gasteiger partial charge in [-0.2, -0.15) is 0 Å². The summed E-state index contributed by atoms with van der Waals surface area (Å²) in [5.41, 5.74) is 8.37. The van der Waals surface area contributed by atoms with Crippen molar-refractivity contribution in [3.8, 4) is 39.9 Å². The number of nitrogens with zero attached hydrogens (tertiary/aromatic N) is 4. The van der Waals surface area contributed by atoms with Gasteiger partial charge in [-0.1, -0.05) is 110 Å². The lowest BCUT2D eigenvalue weighted by Crippen LogP contribution is -2.00. The Morgan fingerprint density at radius 3 is 1.82 bits per heavy atom. The molecule has 0 atom stereocenters. The fraction of sp³-hybridized carbons (Fsp3) is 0. The second-order valence-corrected chi connectivity index (χ2v) is 10.6. The van der Waals surface area contributed by atoms with Crippen LogP contribution >= 0.6 is 0 Å². The molecule has 3 heterocycles. The van der Waals surface area contributed by atoms with E-state index in [1.165, 1.54) is 0 Å². The molecule has 8 rings (SSSR count). The van der Waals surface area contributed by atoms with Crippen molar-refractivity contribution in [1.82, 2.24) is 19.5 Å². The molecule has 0 saturated carbocycles. The standard InChI is InChI=1S/C39H26N4O/c1-3-28-29-18-11-12-20-33(29)43(32(28)4-2)34-21-13-19-30-31-24-27(22-23-35(31)44-36(30)34)39-41-37(25-14-7-5-8-15-25)40-38(42-39)26-16-9-6-10-17-26/h3-24H,1-2H2. The predicted octanol–water partition coefficient (Wildman–Crippen LogP) is 10.0. The first-order chi connectivity index (χ1) is 21.7. The Balaban J connectivity index is 1.34. The maximum absolute atomic E-state index is 6.57. The Morgan fingerprint density at radius 1 is 0.545 bits per heavy atom. The van der Waals surface area contributed by atoms with Gasteiger partial charge in [0.25, 0.3) is 0 Å². The molecule has 0 aliphatic heterocycles. The van der Waals surface area contributed by atoms with Crippen LogP contribution < -0.4 is 0 Å². The summed E-state index contributed by atoms with van der Waals surface area (Å²) in [7, 11) is 0. The van der Waals surface area contributed by atoms with Crippen LogP contribution in [0.4, 0.5) is 0 Å². The Labute approximate surface area is 254 Å². The van der Waals surface area contributed by atoms with E-state index < -0.39 is 0 Å². The number of aromatic nitrogens is 4. The summed E-state index contributed by atoms with van der Waals surface area (Å²) < 4.78 is 8.78. The third-order valence-corrected chi connectivity index (χ3v) is 8.02. The molecule has 0 aliphatic carbocycles. The van der Waals surface area contributed by atoms with E-state index in [2.05, 4.69) is 54.1 Å². The van der Waals surface area contributed by atoms with Crippen LogP contribution in [0, 0.1) is 0 Å². The van der Waals surface area contributed by atoms with Crippen LogP contribution in [-0.2, 0) is 0 Å². The van der Waals surface area contributed by atoms with Crippen LogP contribution in [0.5, 0.6) is 0 Å². The molecule has 0 spiro atoms. The van der Waals surface area contributed by atoms with Crippen LogP contribution in [-0.4, -0.2) is 19.5 Å². The maximum atomic E-state index is 6.57. The van der Waals surface area contributed by atoms with Crippen molar-refractivity contribution < 1.29 is 4.42 Å². The zero-order valence-corrected chi connectivity index (χ0v) is 23.8. The Hall–Kier alpha value is -6.07. The average molecular weight is 567 g/mol. The molecule has 44 heavy (non-hydrogen) atoms. The summed E-state index contributed by atoms with van der Waals surface area (Å²) in [5.74, 6) is 1.86. The summed E-state index contributed by atoms with van der Waals surface area (Å²) in [5, 5.41) is 3.11. The lowest BCUT2D eigenvalue weighted by Gasteiger charge is -2.09. The molecule has 0 radical (unpaired) electrons. The van der Waals surface area contributed by atoms with Crippen LogP contribution in [0.25, 0.3) is 84.8 Å². The second-order valence-electron chi connectivity index (χ2n) is 10.6. The molecule has 3 aromatic heterocycles. The van der Waals surface area contributed by atoms with E-state index in [0.29, 0.717) is 17.5 Å². The summed E-state index contributed by atoms with van der Waals surface area (Å²) in [6.07, 6.45) is 3.77. The first-order valence-electron chi connectivity index (χ1n) is 14.4. The number of fused-ring (bicyclic) bond motifs is 4. The normalized spacial score (nSPS) is 11.4. The van der Waals surface area contributed by atoms with Gasteiger partial charge < -0.3 is 8.98 Å². The summed E-state index contributed by atoms with van der Waals surface area (Å²) in [4.78, 5) is 14.7. The number of rotatable bonds is 6. The average Bonchev–Trinajstić information content (AvgIpc) is 3.63.